The van der Waals surface area contributed by atoms with E-state index in [1.807, 2.05) is 18.7 Å². The molecule has 0 aliphatic carbocycles. The van der Waals surface area contributed by atoms with Crippen LogP contribution in [-0.2, 0) is 4.74 Å². The maximum Gasteiger partial charge on any atom is 0.126 e. The number of ether oxygens (including phenoxy) is 1. The Morgan fingerprint density at radius 3 is 2.67 bits per heavy atom. The van der Waals surface area contributed by atoms with E-state index in [9.17, 15) is 8.78 Å². The van der Waals surface area contributed by atoms with Crippen molar-refractivity contribution in [3.8, 4) is 0 Å². The number of thioether (sulfide) groups is 1. The van der Waals surface area contributed by atoms with Gasteiger partial charge in [-0.05, 0) is 24.2 Å². The van der Waals surface area contributed by atoms with Crippen LogP contribution in [-0.4, -0.2) is 30.8 Å². The maximum atomic E-state index is 13.3. The van der Waals surface area contributed by atoms with Crippen molar-refractivity contribution in [1.29, 1.82) is 0 Å². The Morgan fingerprint density at radius 2 is 2.11 bits per heavy atom. The molecule has 2 rings (SSSR count). The summed E-state index contributed by atoms with van der Waals surface area (Å²) in [5.41, 5.74) is 0.613. The maximum absolute atomic E-state index is 13.3. The van der Waals surface area contributed by atoms with Crippen LogP contribution in [0.5, 0.6) is 0 Å². The van der Waals surface area contributed by atoms with Crippen molar-refractivity contribution in [2.45, 2.75) is 19.1 Å². The summed E-state index contributed by atoms with van der Waals surface area (Å²) in [4.78, 5) is 0. The molecule has 1 saturated heterocycles. The number of hydrogen-bond acceptors (Lipinski definition) is 3. The smallest absolute Gasteiger partial charge is 0.126 e. The summed E-state index contributed by atoms with van der Waals surface area (Å²) in [5.74, 6) is 0.732. The van der Waals surface area contributed by atoms with Gasteiger partial charge in [-0.3, -0.25) is 0 Å². The predicted octanol–water partition coefficient (Wildman–Crippen LogP) is 2.75. The molecule has 1 aliphatic heterocycles. The third kappa shape index (κ3) is 3.43. The zero-order chi connectivity index (χ0) is 13.0. The number of benzene rings is 1. The third-order valence-electron chi connectivity index (χ3n) is 2.88. The molecule has 0 spiro atoms. The van der Waals surface area contributed by atoms with Gasteiger partial charge in [0, 0.05) is 17.6 Å². The molecule has 0 saturated carbocycles. The summed E-state index contributed by atoms with van der Waals surface area (Å²) >= 11 is 1.81. The quantitative estimate of drug-likeness (QED) is 0.911. The van der Waals surface area contributed by atoms with E-state index in [-0.39, 0.29) is 12.1 Å². The second-order valence-corrected chi connectivity index (χ2v) is 5.37. The van der Waals surface area contributed by atoms with Crippen molar-refractivity contribution in [1.82, 2.24) is 5.32 Å². The molecule has 2 nitrogen and oxygen atoms in total. The molecule has 1 aromatic rings. The lowest BCUT2D eigenvalue weighted by Crippen LogP contribution is -2.38. The van der Waals surface area contributed by atoms with Crippen LogP contribution in [0.3, 0.4) is 0 Å². The van der Waals surface area contributed by atoms with Crippen molar-refractivity contribution >= 4 is 11.8 Å². The highest BCUT2D eigenvalue weighted by Gasteiger charge is 2.26. The Hall–Kier alpha value is -0.650. The van der Waals surface area contributed by atoms with E-state index in [4.69, 9.17) is 4.74 Å². The van der Waals surface area contributed by atoms with Crippen LogP contribution in [0.4, 0.5) is 8.78 Å². The number of nitrogens with one attached hydrogen (secondary N) is 1. The van der Waals surface area contributed by atoms with Crippen LogP contribution >= 0.6 is 11.8 Å². The van der Waals surface area contributed by atoms with E-state index in [0.717, 1.165) is 24.1 Å². The molecule has 2 atom stereocenters. The first-order valence-corrected chi connectivity index (χ1v) is 7.25. The van der Waals surface area contributed by atoms with Gasteiger partial charge in [-0.2, -0.15) is 11.8 Å². The first-order valence-electron chi connectivity index (χ1n) is 6.09. The van der Waals surface area contributed by atoms with Crippen molar-refractivity contribution in [3.05, 3.63) is 35.4 Å². The Kier molecular flexibility index (Phi) is 4.97. The van der Waals surface area contributed by atoms with Gasteiger partial charge >= 0.3 is 0 Å². The second kappa shape index (κ2) is 6.50. The van der Waals surface area contributed by atoms with Gasteiger partial charge in [0.1, 0.15) is 11.6 Å². The molecule has 1 fully saturated rings. The molecule has 18 heavy (non-hydrogen) atoms. The van der Waals surface area contributed by atoms with Crippen molar-refractivity contribution in [2.24, 2.45) is 0 Å². The molecule has 1 aromatic carbocycles. The minimum Gasteiger partial charge on any atom is -0.375 e. The number of likely N-dealkylation sites (N-methyl/N-ethyl adjacent to an activating group) is 1. The highest BCUT2D eigenvalue weighted by atomic mass is 32.2. The average Bonchev–Trinajstić information content (AvgIpc) is 2.36. The summed E-state index contributed by atoms with van der Waals surface area (Å²) < 4.78 is 32.3. The SMILES string of the molecule is CCNC(c1cc(F)cc(F)c1)C1CSCCO1. The van der Waals surface area contributed by atoms with Crippen LogP contribution in [0.25, 0.3) is 0 Å². The van der Waals surface area contributed by atoms with Crippen molar-refractivity contribution in [3.63, 3.8) is 0 Å². The van der Waals surface area contributed by atoms with Crippen molar-refractivity contribution in [2.75, 3.05) is 24.7 Å². The normalized spacial score (nSPS) is 21.8. The summed E-state index contributed by atoms with van der Waals surface area (Å²) in [7, 11) is 0. The summed E-state index contributed by atoms with van der Waals surface area (Å²) in [6.07, 6.45) is -0.0371. The van der Waals surface area contributed by atoms with E-state index in [1.54, 1.807) is 0 Å². The molecule has 100 valence electrons. The van der Waals surface area contributed by atoms with Gasteiger partial charge in [0.15, 0.2) is 0 Å². The Balaban J connectivity index is 2.22. The second-order valence-electron chi connectivity index (χ2n) is 4.22. The van der Waals surface area contributed by atoms with Crippen LogP contribution in [0.1, 0.15) is 18.5 Å². The summed E-state index contributed by atoms with van der Waals surface area (Å²) in [5, 5.41) is 3.25. The fraction of sp³-hybridized carbons (Fsp3) is 0.538. The lowest BCUT2D eigenvalue weighted by Gasteiger charge is -2.31. The van der Waals surface area contributed by atoms with Gasteiger partial charge in [0.2, 0.25) is 0 Å². The molecule has 5 heteroatoms. The monoisotopic (exact) mass is 273 g/mol. The van der Waals surface area contributed by atoms with Crippen LogP contribution < -0.4 is 5.32 Å². The third-order valence-corrected chi connectivity index (χ3v) is 3.90. The molecule has 0 bridgehead atoms. The zero-order valence-electron chi connectivity index (χ0n) is 10.3. The predicted molar refractivity (Wildman–Crippen MR) is 69.8 cm³/mol. The first-order chi connectivity index (χ1) is 8.70. The lowest BCUT2D eigenvalue weighted by atomic mass is 10.0. The fourth-order valence-corrected chi connectivity index (χ4v) is 3.04. The molecule has 0 radical (unpaired) electrons. The van der Waals surface area contributed by atoms with E-state index < -0.39 is 11.6 Å². The molecular weight excluding hydrogens is 256 g/mol. The molecule has 1 aliphatic rings. The topological polar surface area (TPSA) is 21.3 Å². The largest absolute Gasteiger partial charge is 0.375 e. The first kappa shape index (κ1) is 13.8. The summed E-state index contributed by atoms with van der Waals surface area (Å²) in [6.45, 7) is 3.39. The fourth-order valence-electron chi connectivity index (χ4n) is 2.14. The van der Waals surface area contributed by atoms with E-state index in [2.05, 4.69) is 5.32 Å². The minimum absolute atomic E-state index is 0.0371. The minimum atomic E-state index is -0.545. The molecule has 1 heterocycles. The Morgan fingerprint density at radius 1 is 1.39 bits per heavy atom. The van der Waals surface area contributed by atoms with Gasteiger partial charge in [-0.25, -0.2) is 8.78 Å². The zero-order valence-corrected chi connectivity index (χ0v) is 11.1. The van der Waals surface area contributed by atoms with Crippen LogP contribution in [0.15, 0.2) is 18.2 Å². The van der Waals surface area contributed by atoms with Gasteiger partial charge in [-0.15, -0.1) is 0 Å². The Labute approximate surface area is 110 Å². The van der Waals surface area contributed by atoms with E-state index in [1.165, 1.54) is 12.1 Å². The highest BCUT2D eigenvalue weighted by Crippen LogP contribution is 2.26. The molecule has 2 unspecified atom stereocenters. The van der Waals surface area contributed by atoms with Crippen molar-refractivity contribution < 1.29 is 13.5 Å². The Bertz CT molecular complexity index is 376. The standard InChI is InChI=1S/C13H17F2NOS/c1-2-16-13(12-8-18-4-3-17-12)9-5-10(14)7-11(15)6-9/h5-7,12-13,16H,2-4,8H2,1H3. The van der Waals surface area contributed by atoms with Gasteiger partial charge < -0.3 is 10.1 Å². The summed E-state index contributed by atoms with van der Waals surface area (Å²) in [6, 6.07) is 3.48. The van der Waals surface area contributed by atoms with Gasteiger partial charge in [0.05, 0.1) is 18.8 Å². The molecule has 0 aromatic heterocycles. The molecule has 0 amide bonds. The van der Waals surface area contributed by atoms with Crippen LogP contribution in [0.2, 0.25) is 0 Å². The van der Waals surface area contributed by atoms with Gasteiger partial charge in [0.25, 0.3) is 0 Å². The van der Waals surface area contributed by atoms with E-state index >= 15 is 0 Å². The molecule has 1 N–H and O–H groups in total. The number of halogens is 2. The number of hydrogen-bond donors (Lipinski definition) is 1. The van der Waals surface area contributed by atoms with E-state index in [0.29, 0.717) is 12.2 Å². The molecular formula is C13H17F2NOS. The van der Waals surface area contributed by atoms with Gasteiger partial charge in [-0.1, -0.05) is 6.92 Å². The lowest BCUT2D eigenvalue weighted by molar-refractivity contribution is 0.0471. The number of rotatable bonds is 4. The highest BCUT2D eigenvalue weighted by molar-refractivity contribution is 7.99. The average molecular weight is 273 g/mol. The van der Waals surface area contributed by atoms with Crippen LogP contribution in [0, 0.1) is 11.6 Å².